The molecule has 3 heteroatoms. The number of Topliss-reactive ketones (excluding diaryl/α,β-unsaturated/α-hetero) is 1. The molecule has 1 aromatic rings. The fourth-order valence-electron chi connectivity index (χ4n) is 2.96. The second-order valence-corrected chi connectivity index (χ2v) is 5.68. The van der Waals surface area contributed by atoms with Crippen molar-refractivity contribution < 1.29 is 9.90 Å². The molecule has 0 aromatic heterocycles. The molecule has 0 aliphatic heterocycles. The molecule has 1 aromatic carbocycles. The van der Waals surface area contributed by atoms with Gasteiger partial charge in [0.15, 0.2) is 0 Å². The summed E-state index contributed by atoms with van der Waals surface area (Å²) >= 11 is 0. The highest BCUT2D eigenvalue weighted by molar-refractivity contribution is 5.80. The van der Waals surface area contributed by atoms with Crippen molar-refractivity contribution in [2.75, 3.05) is 6.54 Å². The van der Waals surface area contributed by atoms with Crippen molar-refractivity contribution in [2.45, 2.75) is 39.0 Å². The minimum Gasteiger partial charge on any atom is -0.393 e. The van der Waals surface area contributed by atoms with Gasteiger partial charge in [-0.15, -0.1) is 13.2 Å². The SMILES string of the molecule is C=CCN(C(C=C)C(C(C)=O)C(C)O)[C@H](C)c1ccccc1. The Balaban J connectivity index is 3.17. The third-order valence-electron chi connectivity index (χ3n) is 4.10. The molecule has 0 spiro atoms. The summed E-state index contributed by atoms with van der Waals surface area (Å²) in [5, 5.41) is 10.0. The van der Waals surface area contributed by atoms with Crippen LogP contribution in [0.2, 0.25) is 0 Å². The minimum atomic E-state index is -0.726. The molecule has 0 aliphatic rings. The van der Waals surface area contributed by atoms with E-state index < -0.39 is 12.0 Å². The molecule has 0 radical (unpaired) electrons. The van der Waals surface area contributed by atoms with E-state index in [1.165, 1.54) is 6.92 Å². The van der Waals surface area contributed by atoms with E-state index in [0.717, 1.165) is 5.56 Å². The average Bonchev–Trinajstić information content (AvgIpc) is 2.50. The van der Waals surface area contributed by atoms with E-state index in [2.05, 4.69) is 37.1 Å². The Bertz CT molecular complexity index is 495. The van der Waals surface area contributed by atoms with Gasteiger partial charge in [-0.05, 0) is 26.3 Å². The molecule has 0 saturated heterocycles. The van der Waals surface area contributed by atoms with Crippen molar-refractivity contribution in [3.63, 3.8) is 0 Å². The van der Waals surface area contributed by atoms with Gasteiger partial charge in [0.1, 0.15) is 5.78 Å². The maximum absolute atomic E-state index is 12.0. The Morgan fingerprint density at radius 3 is 2.27 bits per heavy atom. The quantitative estimate of drug-likeness (QED) is 0.711. The van der Waals surface area contributed by atoms with Crippen LogP contribution in [0.3, 0.4) is 0 Å². The zero-order chi connectivity index (χ0) is 16.7. The summed E-state index contributed by atoms with van der Waals surface area (Å²) in [5.41, 5.74) is 1.16. The normalized spacial score (nSPS) is 16.6. The molecule has 0 heterocycles. The first-order valence-electron chi connectivity index (χ1n) is 7.66. The first kappa shape index (κ1) is 18.3. The Hall–Kier alpha value is -1.71. The number of hydrogen-bond acceptors (Lipinski definition) is 3. The van der Waals surface area contributed by atoms with Crippen molar-refractivity contribution in [3.8, 4) is 0 Å². The van der Waals surface area contributed by atoms with Crippen LogP contribution in [-0.2, 0) is 4.79 Å². The fourth-order valence-corrected chi connectivity index (χ4v) is 2.96. The molecule has 1 rings (SSSR count). The predicted octanol–water partition coefficient (Wildman–Crippen LogP) is 3.38. The molecule has 3 unspecified atom stereocenters. The molecular weight excluding hydrogens is 274 g/mol. The lowest BCUT2D eigenvalue weighted by Crippen LogP contribution is -2.47. The van der Waals surface area contributed by atoms with Gasteiger partial charge in [0.25, 0.3) is 0 Å². The maximum Gasteiger partial charge on any atom is 0.137 e. The number of carbonyl (C=O) groups excluding carboxylic acids is 1. The van der Waals surface area contributed by atoms with Crippen LogP contribution < -0.4 is 0 Å². The summed E-state index contributed by atoms with van der Waals surface area (Å²) in [6.07, 6.45) is 2.84. The summed E-state index contributed by atoms with van der Waals surface area (Å²) in [7, 11) is 0. The lowest BCUT2D eigenvalue weighted by molar-refractivity contribution is -0.126. The van der Waals surface area contributed by atoms with Crippen molar-refractivity contribution in [3.05, 3.63) is 61.2 Å². The Morgan fingerprint density at radius 2 is 1.86 bits per heavy atom. The lowest BCUT2D eigenvalue weighted by Gasteiger charge is -2.39. The van der Waals surface area contributed by atoms with Crippen molar-refractivity contribution in [1.29, 1.82) is 0 Å². The molecule has 120 valence electrons. The van der Waals surface area contributed by atoms with Crippen LogP contribution >= 0.6 is 0 Å². The largest absolute Gasteiger partial charge is 0.393 e. The second kappa shape index (κ2) is 8.66. The maximum atomic E-state index is 12.0. The van der Waals surface area contributed by atoms with Crippen LogP contribution in [0, 0.1) is 5.92 Å². The van der Waals surface area contributed by atoms with E-state index >= 15 is 0 Å². The number of carbonyl (C=O) groups is 1. The molecule has 0 aliphatic carbocycles. The number of rotatable bonds is 9. The number of nitrogens with zero attached hydrogens (tertiary/aromatic N) is 1. The number of aliphatic hydroxyl groups excluding tert-OH is 1. The highest BCUT2D eigenvalue weighted by Crippen LogP contribution is 2.28. The van der Waals surface area contributed by atoms with E-state index in [1.807, 2.05) is 24.3 Å². The number of ketones is 1. The predicted molar refractivity (Wildman–Crippen MR) is 91.6 cm³/mol. The second-order valence-electron chi connectivity index (χ2n) is 5.68. The van der Waals surface area contributed by atoms with Gasteiger partial charge < -0.3 is 5.11 Å². The molecule has 1 N–H and O–H groups in total. The zero-order valence-electron chi connectivity index (χ0n) is 13.8. The molecule has 0 bridgehead atoms. The third kappa shape index (κ3) is 4.39. The van der Waals surface area contributed by atoms with E-state index in [-0.39, 0.29) is 17.9 Å². The number of hydrogen-bond donors (Lipinski definition) is 1. The average molecular weight is 301 g/mol. The first-order chi connectivity index (χ1) is 10.4. The molecular formula is C19H27NO2. The summed E-state index contributed by atoms with van der Waals surface area (Å²) < 4.78 is 0. The molecule has 4 atom stereocenters. The van der Waals surface area contributed by atoms with E-state index in [0.29, 0.717) is 6.54 Å². The van der Waals surface area contributed by atoms with Crippen LogP contribution in [-0.4, -0.2) is 34.5 Å². The molecule has 22 heavy (non-hydrogen) atoms. The van der Waals surface area contributed by atoms with Crippen molar-refractivity contribution in [2.24, 2.45) is 5.92 Å². The van der Waals surface area contributed by atoms with Gasteiger partial charge in [0.05, 0.1) is 12.0 Å². The van der Waals surface area contributed by atoms with Gasteiger partial charge in [0, 0.05) is 18.6 Å². The number of aliphatic hydroxyl groups is 1. The van der Waals surface area contributed by atoms with Gasteiger partial charge in [-0.3, -0.25) is 9.69 Å². The Kier molecular flexibility index (Phi) is 7.22. The van der Waals surface area contributed by atoms with Gasteiger partial charge >= 0.3 is 0 Å². The van der Waals surface area contributed by atoms with Gasteiger partial charge in [-0.25, -0.2) is 0 Å². The Labute approximate surface area is 134 Å². The molecule has 0 saturated carbocycles. The van der Waals surface area contributed by atoms with E-state index in [1.54, 1.807) is 13.0 Å². The van der Waals surface area contributed by atoms with E-state index in [9.17, 15) is 9.90 Å². The van der Waals surface area contributed by atoms with Crippen molar-refractivity contribution >= 4 is 5.78 Å². The number of benzene rings is 1. The third-order valence-corrected chi connectivity index (χ3v) is 4.10. The highest BCUT2D eigenvalue weighted by atomic mass is 16.3. The van der Waals surface area contributed by atoms with Gasteiger partial charge in [0.2, 0.25) is 0 Å². The first-order valence-corrected chi connectivity index (χ1v) is 7.66. The summed E-state index contributed by atoms with van der Waals surface area (Å²) in [4.78, 5) is 14.1. The Morgan fingerprint density at radius 1 is 1.27 bits per heavy atom. The summed E-state index contributed by atoms with van der Waals surface area (Å²) in [6.45, 7) is 13.6. The molecule has 0 fully saturated rings. The van der Waals surface area contributed by atoms with Crippen LogP contribution in [0.15, 0.2) is 55.6 Å². The minimum absolute atomic E-state index is 0.0331. The highest BCUT2D eigenvalue weighted by Gasteiger charge is 2.34. The zero-order valence-corrected chi connectivity index (χ0v) is 13.8. The van der Waals surface area contributed by atoms with Crippen LogP contribution in [0.4, 0.5) is 0 Å². The lowest BCUT2D eigenvalue weighted by atomic mass is 9.88. The topological polar surface area (TPSA) is 40.5 Å². The summed E-state index contributed by atoms with van der Waals surface area (Å²) in [5.74, 6) is -0.530. The van der Waals surface area contributed by atoms with Crippen LogP contribution in [0.1, 0.15) is 32.4 Å². The van der Waals surface area contributed by atoms with Crippen LogP contribution in [0.25, 0.3) is 0 Å². The van der Waals surface area contributed by atoms with Crippen molar-refractivity contribution in [1.82, 2.24) is 4.90 Å². The monoisotopic (exact) mass is 301 g/mol. The van der Waals surface area contributed by atoms with Gasteiger partial charge in [-0.1, -0.05) is 42.5 Å². The fraction of sp³-hybridized carbons (Fsp3) is 0.421. The van der Waals surface area contributed by atoms with E-state index in [4.69, 9.17) is 0 Å². The smallest absolute Gasteiger partial charge is 0.137 e. The van der Waals surface area contributed by atoms with Crippen LogP contribution in [0.5, 0.6) is 0 Å². The summed E-state index contributed by atoms with van der Waals surface area (Å²) in [6, 6.07) is 9.94. The molecule has 0 amide bonds. The molecule has 3 nitrogen and oxygen atoms in total. The van der Waals surface area contributed by atoms with Gasteiger partial charge in [-0.2, -0.15) is 0 Å². The standard InChI is InChI=1S/C19H27NO2/c1-6-13-20(14(3)17-11-9-8-10-12-17)18(7-2)19(15(4)21)16(5)22/h6-12,14-15,18-19,21H,1-2,13H2,3-5H3/t14-,15?,18?,19?/m1/s1.